The van der Waals surface area contributed by atoms with Gasteiger partial charge in [0.2, 0.25) is 0 Å². The highest BCUT2D eigenvalue weighted by Crippen LogP contribution is 2.16. The van der Waals surface area contributed by atoms with Crippen molar-refractivity contribution in [2.24, 2.45) is 5.73 Å². The zero-order valence-electron chi connectivity index (χ0n) is 8.02. The summed E-state index contributed by atoms with van der Waals surface area (Å²) in [7, 11) is 0.842. The molecule has 2 N–H and O–H groups in total. The molecule has 11 heavy (non-hydrogen) atoms. The molecule has 0 aromatic rings. The highest BCUT2D eigenvalue weighted by molar-refractivity contribution is 5.98. The minimum absolute atomic E-state index is 0.112. The van der Waals surface area contributed by atoms with Gasteiger partial charge in [0.1, 0.15) is 10.5 Å². The Morgan fingerprint density at radius 1 is 1.27 bits per heavy atom. The SMILES string of the molecule is CC(C)(CCCCCN)O[SiH3]. The first-order valence-corrected chi connectivity index (χ1v) is 5.19. The fourth-order valence-electron chi connectivity index (χ4n) is 0.974. The molecule has 0 bridgehead atoms. The summed E-state index contributed by atoms with van der Waals surface area (Å²) in [5, 5.41) is 0. The molecule has 0 aliphatic carbocycles. The normalized spacial score (nSPS) is 12.3. The van der Waals surface area contributed by atoms with Crippen LogP contribution in [0.5, 0.6) is 0 Å². The standard InChI is InChI=1S/C8H21NOSi/c1-8(2,10-11)6-4-3-5-7-9/h3-7,9H2,1-2,11H3. The summed E-state index contributed by atoms with van der Waals surface area (Å²) in [4.78, 5) is 0. The molecule has 0 aromatic heterocycles. The Morgan fingerprint density at radius 2 is 1.91 bits per heavy atom. The van der Waals surface area contributed by atoms with Crippen LogP contribution in [-0.4, -0.2) is 22.6 Å². The summed E-state index contributed by atoms with van der Waals surface area (Å²) in [6, 6.07) is 0. The Hall–Kier alpha value is 0.137. The molecular weight excluding hydrogens is 154 g/mol. The van der Waals surface area contributed by atoms with Crippen LogP contribution in [0.1, 0.15) is 39.5 Å². The molecular formula is C8H21NOSi. The van der Waals surface area contributed by atoms with Crippen LogP contribution >= 0.6 is 0 Å². The van der Waals surface area contributed by atoms with Crippen LogP contribution < -0.4 is 5.73 Å². The molecule has 0 fully saturated rings. The van der Waals surface area contributed by atoms with Crippen molar-refractivity contribution in [3.63, 3.8) is 0 Å². The first-order valence-electron chi connectivity index (χ1n) is 4.37. The van der Waals surface area contributed by atoms with Gasteiger partial charge in [0.05, 0.1) is 0 Å². The summed E-state index contributed by atoms with van der Waals surface area (Å²) >= 11 is 0. The fraction of sp³-hybridized carbons (Fsp3) is 1.00. The van der Waals surface area contributed by atoms with E-state index < -0.39 is 0 Å². The molecule has 68 valence electrons. The van der Waals surface area contributed by atoms with E-state index in [1.807, 2.05) is 0 Å². The van der Waals surface area contributed by atoms with E-state index in [4.69, 9.17) is 10.2 Å². The molecule has 0 saturated heterocycles. The molecule has 0 amide bonds. The van der Waals surface area contributed by atoms with E-state index in [-0.39, 0.29) is 5.60 Å². The monoisotopic (exact) mass is 175 g/mol. The predicted molar refractivity (Wildman–Crippen MR) is 52.6 cm³/mol. The molecule has 0 aromatic carbocycles. The summed E-state index contributed by atoms with van der Waals surface area (Å²) in [6.07, 6.45) is 4.80. The summed E-state index contributed by atoms with van der Waals surface area (Å²) < 4.78 is 5.43. The van der Waals surface area contributed by atoms with Crippen LogP contribution in [0.15, 0.2) is 0 Å². The lowest BCUT2D eigenvalue weighted by molar-refractivity contribution is 0.109. The smallest absolute Gasteiger partial charge is 0.146 e. The van der Waals surface area contributed by atoms with Gasteiger partial charge in [0.25, 0.3) is 0 Å². The second-order valence-electron chi connectivity index (χ2n) is 3.56. The molecule has 0 aliphatic rings. The van der Waals surface area contributed by atoms with Crippen LogP contribution in [0.2, 0.25) is 0 Å². The van der Waals surface area contributed by atoms with E-state index in [9.17, 15) is 0 Å². The minimum atomic E-state index is 0.112. The molecule has 3 heteroatoms. The van der Waals surface area contributed by atoms with Gasteiger partial charge in [-0.15, -0.1) is 0 Å². The summed E-state index contributed by atoms with van der Waals surface area (Å²) in [5.41, 5.74) is 5.50. The Labute approximate surface area is 73.0 Å². The van der Waals surface area contributed by atoms with Crippen molar-refractivity contribution >= 4 is 10.5 Å². The van der Waals surface area contributed by atoms with Crippen molar-refractivity contribution in [3.8, 4) is 0 Å². The number of rotatable bonds is 6. The van der Waals surface area contributed by atoms with E-state index >= 15 is 0 Å². The minimum Gasteiger partial charge on any atom is -0.423 e. The van der Waals surface area contributed by atoms with Gasteiger partial charge in [-0.1, -0.05) is 12.8 Å². The van der Waals surface area contributed by atoms with Gasteiger partial charge in [0, 0.05) is 5.60 Å². The van der Waals surface area contributed by atoms with Gasteiger partial charge >= 0.3 is 0 Å². The maximum absolute atomic E-state index is 5.43. The van der Waals surface area contributed by atoms with Gasteiger partial charge in [-0.2, -0.15) is 0 Å². The average molecular weight is 175 g/mol. The molecule has 0 unspecified atom stereocenters. The first kappa shape index (κ1) is 11.1. The van der Waals surface area contributed by atoms with E-state index in [1.165, 1.54) is 12.8 Å². The highest BCUT2D eigenvalue weighted by Gasteiger charge is 2.13. The van der Waals surface area contributed by atoms with Crippen LogP contribution in [0.4, 0.5) is 0 Å². The fourth-order valence-corrected chi connectivity index (χ4v) is 1.18. The Balaban J connectivity index is 3.23. The number of unbranched alkanes of at least 4 members (excludes halogenated alkanes) is 2. The lowest BCUT2D eigenvalue weighted by Crippen LogP contribution is -2.22. The first-order chi connectivity index (χ1) is 5.12. The third-order valence-electron chi connectivity index (χ3n) is 2.04. The van der Waals surface area contributed by atoms with E-state index in [0.29, 0.717) is 0 Å². The summed E-state index contributed by atoms with van der Waals surface area (Å²) in [5.74, 6) is 0. The second-order valence-corrected chi connectivity index (χ2v) is 3.97. The van der Waals surface area contributed by atoms with E-state index in [1.54, 1.807) is 0 Å². The van der Waals surface area contributed by atoms with Gasteiger partial charge in [0.15, 0.2) is 0 Å². The van der Waals surface area contributed by atoms with Crippen molar-refractivity contribution in [2.45, 2.75) is 45.1 Å². The van der Waals surface area contributed by atoms with Gasteiger partial charge in [-0.05, 0) is 33.2 Å². The third-order valence-corrected chi connectivity index (χ3v) is 3.14. The van der Waals surface area contributed by atoms with Gasteiger partial charge < -0.3 is 10.2 Å². The number of hydrogen-bond acceptors (Lipinski definition) is 2. The quantitative estimate of drug-likeness (QED) is 0.473. The topological polar surface area (TPSA) is 35.2 Å². The van der Waals surface area contributed by atoms with Crippen LogP contribution in [0, 0.1) is 0 Å². The molecule has 0 aliphatic heterocycles. The molecule has 0 heterocycles. The van der Waals surface area contributed by atoms with Crippen molar-refractivity contribution < 1.29 is 4.43 Å². The average Bonchev–Trinajstić information content (AvgIpc) is 1.99. The second kappa shape index (κ2) is 5.74. The van der Waals surface area contributed by atoms with Crippen LogP contribution in [-0.2, 0) is 4.43 Å². The molecule has 0 spiro atoms. The van der Waals surface area contributed by atoms with Crippen molar-refractivity contribution in [1.82, 2.24) is 0 Å². The van der Waals surface area contributed by atoms with E-state index in [2.05, 4.69) is 13.8 Å². The van der Waals surface area contributed by atoms with Crippen molar-refractivity contribution in [3.05, 3.63) is 0 Å². The Bertz CT molecular complexity index is 96.1. The molecule has 0 rings (SSSR count). The maximum Gasteiger partial charge on any atom is 0.146 e. The molecule has 0 saturated carbocycles. The molecule has 0 radical (unpaired) electrons. The van der Waals surface area contributed by atoms with Crippen LogP contribution in [0.25, 0.3) is 0 Å². The Morgan fingerprint density at radius 3 is 2.36 bits per heavy atom. The zero-order valence-corrected chi connectivity index (χ0v) is 10.0. The molecule has 2 nitrogen and oxygen atoms in total. The maximum atomic E-state index is 5.43. The summed E-state index contributed by atoms with van der Waals surface area (Å²) in [6.45, 7) is 5.13. The number of hydrogen-bond donors (Lipinski definition) is 1. The van der Waals surface area contributed by atoms with Gasteiger partial charge in [-0.3, -0.25) is 0 Å². The third kappa shape index (κ3) is 6.53. The van der Waals surface area contributed by atoms with E-state index in [0.717, 1.165) is 29.9 Å². The van der Waals surface area contributed by atoms with Crippen molar-refractivity contribution in [1.29, 1.82) is 0 Å². The highest BCUT2D eigenvalue weighted by atomic mass is 28.2. The zero-order chi connectivity index (χ0) is 8.74. The van der Waals surface area contributed by atoms with Crippen molar-refractivity contribution in [2.75, 3.05) is 6.54 Å². The predicted octanol–water partition coefficient (Wildman–Crippen LogP) is 0.581. The molecule has 0 atom stereocenters. The lowest BCUT2D eigenvalue weighted by Gasteiger charge is -2.23. The van der Waals surface area contributed by atoms with Crippen LogP contribution in [0.3, 0.4) is 0 Å². The number of nitrogens with two attached hydrogens (primary N) is 1. The van der Waals surface area contributed by atoms with Gasteiger partial charge in [-0.25, -0.2) is 0 Å². The largest absolute Gasteiger partial charge is 0.423 e. The lowest BCUT2D eigenvalue weighted by atomic mass is 10.0. The Kier molecular flexibility index (Phi) is 5.82.